The number of halogens is 1. The highest BCUT2D eigenvalue weighted by molar-refractivity contribution is 7.90. The Balaban J connectivity index is 1.30. The van der Waals surface area contributed by atoms with Gasteiger partial charge in [-0.2, -0.15) is 0 Å². The predicted molar refractivity (Wildman–Crippen MR) is 178 cm³/mol. The van der Waals surface area contributed by atoms with Gasteiger partial charge < -0.3 is 14.4 Å². The fraction of sp³-hybridized carbons (Fsp3) is 0.556. The molecule has 10 heteroatoms. The van der Waals surface area contributed by atoms with Crippen LogP contribution < -0.4 is 14.4 Å². The summed E-state index contributed by atoms with van der Waals surface area (Å²) in [5, 5.41) is -0.0329. The Kier molecular flexibility index (Phi) is 8.37. The van der Waals surface area contributed by atoms with Gasteiger partial charge in [-0.3, -0.25) is 9.59 Å². The number of aryl methyl sites for hydroxylation is 1. The molecule has 2 fully saturated rings. The summed E-state index contributed by atoms with van der Waals surface area (Å²) in [6.07, 6.45) is 11.0. The lowest BCUT2D eigenvalue weighted by Gasteiger charge is -2.46. The molecule has 0 radical (unpaired) electrons. The lowest BCUT2D eigenvalue weighted by atomic mass is 9.68. The van der Waals surface area contributed by atoms with Crippen LogP contribution in [0.4, 0.5) is 5.69 Å². The van der Waals surface area contributed by atoms with Crippen LogP contribution in [0.1, 0.15) is 80.3 Å². The average Bonchev–Trinajstić information content (AvgIpc) is 3.84. The number of amides is 1. The lowest BCUT2D eigenvalue weighted by molar-refractivity contribution is -0.149. The van der Waals surface area contributed by atoms with Crippen LogP contribution in [0.25, 0.3) is 0 Å². The largest absolute Gasteiger partial charge is 0.490 e. The molecule has 2 aromatic rings. The maximum atomic E-state index is 13.6. The smallest absolute Gasteiger partial charge is 0.303 e. The zero-order valence-corrected chi connectivity index (χ0v) is 28.1. The third-order valence-corrected chi connectivity index (χ3v) is 13.3. The number of ether oxygens (including phenoxy) is 2. The molecule has 2 aliphatic heterocycles. The fourth-order valence-corrected chi connectivity index (χ4v) is 9.98. The Hall–Kier alpha value is -3.04. The molecule has 2 bridgehead atoms. The van der Waals surface area contributed by atoms with Crippen molar-refractivity contribution in [3.63, 3.8) is 0 Å². The van der Waals surface area contributed by atoms with Gasteiger partial charge in [0.25, 0.3) is 5.91 Å². The van der Waals surface area contributed by atoms with Gasteiger partial charge in [0.05, 0.1) is 17.5 Å². The van der Waals surface area contributed by atoms with Crippen LogP contribution in [0, 0.1) is 23.7 Å². The van der Waals surface area contributed by atoms with E-state index < -0.39 is 21.2 Å². The number of carbonyl (C=O) groups excluding carboxylic acids is 2. The fourth-order valence-electron chi connectivity index (χ4n) is 8.43. The molecular weight excluding hydrogens is 624 g/mol. The molecule has 46 heavy (non-hydrogen) atoms. The van der Waals surface area contributed by atoms with Gasteiger partial charge in [-0.25, -0.2) is 13.1 Å². The number of esters is 1. The van der Waals surface area contributed by atoms with Crippen LogP contribution >= 0.6 is 11.6 Å². The molecule has 1 amide bonds. The highest BCUT2D eigenvalue weighted by Crippen LogP contribution is 2.47. The molecule has 246 valence electrons. The first-order valence-electron chi connectivity index (χ1n) is 16.7. The van der Waals surface area contributed by atoms with Gasteiger partial charge in [-0.05, 0) is 124 Å². The molecule has 2 saturated carbocycles. The Labute approximate surface area is 276 Å². The molecule has 7 rings (SSSR count). The Morgan fingerprint density at radius 3 is 2.63 bits per heavy atom. The number of fused-ring (bicyclic) bond motifs is 4. The molecule has 6 atom stereocenters. The second-order valence-corrected chi connectivity index (χ2v) is 16.7. The van der Waals surface area contributed by atoms with Crippen molar-refractivity contribution < 1.29 is 27.5 Å². The Morgan fingerprint density at radius 1 is 1.09 bits per heavy atom. The first-order valence-corrected chi connectivity index (χ1v) is 18.7. The molecule has 0 aromatic heterocycles. The average molecular weight is 667 g/mol. The zero-order valence-electron chi connectivity index (χ0n) is 26.5. The summed E-state index contributed by atoms with van der Waals surface area (Å²) in [5.41, 5.74) is 3.27. The number of hydrogen-bond donors (Lipinski definition) is 1. The number of nitrogens with zero attached hydrogens (tertiary/aromatic N) is 1. The second-order valence-electron chi connectivity index (χ2n) is 14.2. The van der Waals surface area contributed by atoms with E-state index >= 15 is 0 Å². The van der Waals surface area contributed by atoms with Crippen LogP contribution in [0.2, 0.25) is 5.02 Å². The van der Waals surface area contributed by atoms with Crippen molar-refractivity contribution >= 4 is 39.2 Å². The maximum Gasteiger partial charge on any atom is 0.303 e. The summed E-state index contributed by atoms with van der Waals surface area (Å²) in [7, 11) is -3.96. The molecule has 1 spiro atoms. The number of benzene rings is 2. The van der Waals surface area contributed by atoms with E-state index in [1.54, 1.807) is 25.1 Å². The van der Waals surface area contributed by atoms with E-state index in [9.17, 15) is 18.0 Å². The van der Waals surface area contributed by atoms with Gasteiger partial charge in [0.1, 0.15) is 11.9 Å². The van der Waals surface area contributed by atoms with E-state index in [1.165, 1.54) is 18.1 Å². The lowest BCUT2D eigenvalue weighted by Crippen LogP contribution is -2.50. The van der Waals surface area contributed by atoms with Gasteiger partial charge in [-0.1, -0.05) is 23.7 Å². The van der Waals surface area contributed by atoms with E-state index in [2.05, 4.69) is 21.8 Å². The minimum atomic E-state index is -3.96. The number of rotatable bonds is 2. The van der Waals surface area contributed by atoms with Crippen molar-refractivity contribution in [2.45, 2.75) is 82.0 Å². The van der Waals surface area contributed by atoms with E-state index in [0.29, 0.717) is 37.8 Å². The van der Waals surface area contributed by atoms with Crippen LogP contribution in [-0.4, -0.2) is 51.3 Å². The zero-order chi connectivity index (χ0) is 32.2. The van der Waals surface area contributed by atoms with Gasteiger partial charge in [0.15, 0.2) is 0 Å². The standard InChI is InChI=1S/C36H43ClN2O6S/c1-22-29(24-8-9-24)6-3-7-33(45-23(2)40)30-13-10-27(30)19-39-20-36(16-4-5-25-17-28(37)12-14-31(25)36)21-44-34-15-11-26(18-32(34)39)35(41)38-46(22,42)43/h3,7,11-12,14-15,17-18,22,24,27,29-30,33H,4-6,8-10,13,16,19-21H2,1-2H3,(H,38,41)/b7-3-/t22-,27+,29+,30-,33+,36+/m1/s1. The van der Waals surface area contributed by atoms with E-state index in [0.717, 1.165) is 55.7 Å². The minimum absolute atomic E-state index is 0.134. The third-order valence-electron chi connectivity index (χ3n) is 11.2. The summed E-state index contributed by atoms with van der Waals surface area (Å²) < 4.78 is 42.1. The molecule has 2 aromatic carbocycles. The van der Waals surface area contributed by atoms with Crippen molar-refractivity contribution in [3.8, 4) is 5.75 Å². The molecule has 8 nitrogen and oxygen atoms in total. The molecule has 5 aliphatic rings. The van der Waals surface area contributed by atoms with Crippen molar-refractivity contribution in [2.75, 3.05) is 24.6 Å². The number of sulfonamides is 1. The Morgan fingerprint density at radius 2 is 1.89 bits per heavy atom. The summed E-state index contributed by atoms with van der Waals surface area (Å²) in [5.74, 6) is 0.287. The topological polar surface area (TPSA) is 102 Å². The predicted octanol–water partition coefficient (Wildman–Crippen LogP) is 6.21. The minimum Gasteiger partial charge on any atom is -0.490 e. The van der Waals surface area contributed by atoms with E-state index in [1.807, 2.05) is 18.2 Å². The van der Waals surface area contributed by atoms with E-state index in [-0.39, 0.29) is 40.8 Å². The molecule has 1 N–H and O–H groups in total. The summed E-state index contributed by atoms with van der Waals surface area (Å²) >= 11 is 6.42. The van der Waals surface area contributed by atoms with Crippen LogP contribution in [-0.2, 0) is 31.4 Å². The highest BCUT2D eigenvalue weighted by atomic mass is 35.5. The first kappa shape index (κ1) is 31.6. The second kappa shape index (κ2) is 12.2. The number of allylic oxidation sites excluding steroid dienone is 1. The van der Waals surface area contributed by atoms with Crippen molar-refractivity contribution in [2.24, 2.45) is 23.7 Å². The van der Waals surface area contributed by atoms with Crippen molar-refractivity contribution in [1.82, 2.24) is 4.72 Å². The first-order chi connectivity index (χ1) is 22.0. The van der Waals surface area contributed by atoms with Crippen molar-refractivity contribution in [3.05, 3.63) is 70.3 Å². The van der Waals surface area contributed by atoms with E-state index in [4.69, 9.17) is 21.1 Å². The normalized spacial score (nSPS) is 32.9. The number of carbonyl (C=O) groups is 2. The Bertz CT molecular complexity index is 1670. The summed E-state index contributed by atoms with van der Waals surface area (Å²) in [6.45, 7) is 5.00. The SMILES string of the molecule is CC(=O)O[C@H]1/C=C\C[C@H](C2CC2)[C@@H](C)S(=O)(=O)NC(=O)c2ccc3c(c2)N(C[C@@H]2CC[C@H]21)C[C@@]1(CCCc2cc(Cl)ccc21)CO3. The number of hydrogen-bond acceptors (Lipinski definition) is 7. The van der Waals surface area contributed by atoms with Crippen molar-refractivity contribution in [1.29, 1.82) is 0 Å². The maximum absolute atomic E-state index is 13.6. The van der Waals surface area contributed by atoms with Crippen LogP contribution in [0.5, 0.6) is 5.75 Å². The van der Waals surface area contributed by atoms with Gasteiger partial charge >= 0.3 is 5.97 Å². The monoisotopic (exact) mass is 666 g/mol. The summed E-state index contributed by atoms with van der Waals surface area (Å²) in [6, 6.07) is 11.4. The van der Waals surface area contributed by atoms with Crippen LogP contribution in [0.15, 0.2) is 48.6 Å². The number of nitrogens with one attached hydrogen (secondary N) is 1. The third kappa shape index (κ3) is 6.05. The number of anilines is 1. The van der Waals surface area contributed by atoms with Gasteiger partial charge in [-0.15, -0.1) is 0 Å². The molecule has 0 unspecified atom stereocenters. The molecule has 3 aliphatic carbocycles. The quantitative estimate of drug-likeness (QED) is 0.301. The molecule has 0 saturated heterocycles. The van der Waals surface area contributed by atoms with Gasteiger partial charge in [0.2, 0.25) is 10.0 Å². The molecule has 2 heterocycles. The van der Waals surface area contributed by atoms with Gasteiger partial charge in [0, 0.05) is 41.9 Å². The summed E-state index contributed by atoms with van der Waals surface area (Å²) in [4.78, 5) is 28.2. The highest BCUT2D eigenvalue weighted by Gasteiger charge is 2.45. The molecular formula is C36H43ClN2O6S. The van der Waals surface area contributed by atoms with Crippen LogP contribution in [0.3, 0.4) is 0 Å².